The Bertz CT molecular complexity index is 11.6. The molecular weight excluding hydrogens is 418 g/mol. The zero-order valence-corrected chi connectivity index (χ0v) is 10.7. The zero-order valence-electron chi connectivity index (χ0n) is 2.47. The first-order chi connectivity index (χ1) is 2.00. The van der Waals surface area contributed by atoms with Gasteiger partial charge in [-0.05, 0) is 0 Å². The summed E-state index contributed by atoms with van der Waals surface area (Å²) in [5.41, 5.74) is 0. The van der Waals surface area contributed by atoms with Crippen LogP contribution in [-0.2, 0) is 53.9 Å². The predicted octanol–water partition coefficient (Wildman–Crippen LogP) is -0.891. The van der Waals surface area contributed by atoms with Gasteiger partial charge in [-0.3, -0.25) is 0 Å². The molecule has 5 heteroatoms. The molecule has 0 saturated carbocycles. The minimum absolute atomic E-state index is 0. The molecule has 0 aromatic carbocycles. The van der Waals surface area contributed by atoms with Crippen molar-refractivity contribution in [1.29, 1.82) is 0 Å². The van der Waals surface area contributed by atoms with Gasteiger partial charge in [0, 0.05) is 25.8 Å². The normalized spacial score (nSPS) is 1.20. The molecule has 0 fully saturated rings. The van der Waals surface area contributed by atoms with Gasteiger partial charge in [-0.15, -0.1) is 0 Å². The number of hydrogen-bond acceptors (Lipinski definition) is 2. The monoisotopic (exact) mass is 421 g/mol. The molecule has 0 aliphatic carbocycles. The molecule has 0 spiro atoms. The third-order valence-corrected chi connectivity index (χ3v) is 0. The molecule has 0 aromatic rings. The van der Waals surface area contributed by atoms with E-state index in [9.17, 15) is 0 Å². The Kier molecular flexibility index (Phi) is 135. The van der Waals surface area contributed by atoms with Gasteiger partial charge in [0.2, 0.25) is 0 Å². The minimum atomic E-state index is 0. The Morgan fingerprint density at radius 3 is 1.20 bits per heavy atom. The fourth-order valence-electron chi connectivity index (χ4n) is 0. The van der Waals surface area contributed by atoms with E-state index >= 15 is 0 Å². The Hall–Kier alpha value is 1.74. The van der Waals surface area contributed by atoms with Crippen LogP contribution in [0.5, 0.6) is 0 Å². The maximum absolute atomic E-state index is 8.36. The molecule has 25 valence electrons. The van der Waals surface area contributed by atoms with Gasteiger partial charge in [-0.2, -0.15) is 0 Å². The molecular formula is HAlHfO2Ta. The summed E-state index contributed by atoms with van der Waals surface area (Å²) in [7, 11) is 0. The van der Waals surface area contributed by atoms with Gasteiger partial charge in [0.05, 0.1) is 0 Å². The summed E-state index contributed by atoms with van der Waals surface area (Å²) in [5, 5.41) is 0. The molecule has 0 bridgehead atoms. The summed E-state index contributed by atoms with van der Waals surface area (Å²) in [5.74, 6) is 0. The van der Waals surface area contributed by atoms with E-state index in [1.54, 1.807) is 0 Å². The van der Waals surface area contributed by atoms with E-state index in [4.69, 9.17) is 7.05 Å². The topological polar surface area (TPSA) is 34.1 Å². The van der Waals surface area contributed by atoms with E-state index in [-0.39, 0.29) is 46.9 Å². The summed E-state index contributed by atoms with van der Waals surface area (Å²) in [4.78, 5) is 0. The van der Waals surface area contributed by atoms with Crippen LogP contribution in [0.3, 0.4) is 0 Å². The molecule has 0 heterocycles. The Morgan fingerprint density at radius 2 is 1.20 bits per heavy atom. The third kappa shape index (κ3) is 26.5. The van der Waals surface area contributed by atoms with Crippen molar-refractivity contribution in [2.75, 3.05) is 0 Å². The Morgan fingerprint density at radius 1 is 1.20 bits per heavy atom. The standard InChI is InChI=1S/Al.Hf.2O.Ta.H. The van der Waals surface area contributed by atoms with Gasteiger partial charge in [0.25, 0.3) is 0 Å². The van der Waals surface area contributed by atoms with Crippen LogP contribution in [-0.4, -0.2) is 16.2 Å². The summed E-state index contributed by atoms with van der Waals surface area (Å²) in [6.45, 7) is 0. The van der Waals surface area contributed by atoms with Crippen LogP contribution in [0, 0.1) is 0 Å². The first kappa shape index (κ1) is 15.9. The Labute approximate surface area is 69.4 Å². The average molecular weight is 419 g/mol. The van der Waals surface area contributed by atoms with Gasteiger partial charge in [-0.25, -0.2) is 0 Å². The molecule has 5 heavy (non-hydrogen) atoms. The molecule has 0 unspecified atom stereocenters. The first-order valence-corrected chi connectivity index (χ1v) is 2.36. The summed E-state index contributed by atoms with van der Waals surface area (Å²) >= 11 is 0.806. The number of hydrogen-bond donors (Lipinski definition) is 0. The fraction of sp³-hybridized carbons (Fsp3) is 0. The third-order valence-electron chi connectivity index (χ3n) is 0. The quantitative estimate of drug-likeness (QED) is 0.478. The van der Waals surface area contributed by atoms with Gasteiger partial charge in [-0.1, -0.05) is 0 Å². The van der Waals surface area contributed by atoms with Crippen molar-refractivity contribution in [3.05, 3.63) is 0 Å². The summed E-state index contributed by atoms with van der Waals surface area (Å²) < 4.78 is 16.6. The van der Waals surface area contributed by atoms with Crippen molar-refractivity contribution in [1.82, 2.24) is 0 Å². The molecule has 2 nitrogen and oxygen atoms in total. The van der Waals surface area contributed by atoms with Crippen molar-refractivity contribution in [2.24, 2.45) is 0 Å². The van der Waals surface area contributed by atoms with Crippen LogP contribution >= 0.6 is 0 Å². The first-order valence-electron chi connectivity index (χ1n) is 0.471. The maximum atomic E-state index is 8.36. The van der Waals surface area contributed by atoms with Crippen molar-refractivity contribution < 1.29 is 53.9 Å². The van der Waals surface area contributed by atoms with Gasteiger partial charge < -0.3 is 0 Å². The van der Waals surface area contributed by atoms with E-state index in [1.807, 2.05) is 0 Å². The van der Waals surface area contributed by atoms with Crippen LogP contribution in [0.4, 0.5) is 0 Å². The van der Waals surface area contributed by atoms with Gasteiger partial charge in [0.15, 0.2) is 0 Å². The molecule has 0 atom stereocenters. The molecule has 0 aliphatic heterocycles. The molecule has 0 aliphatic rings. The number of rotatable bonds is 0. The Balaban J connectivity index is -0.0000000133. The van der Waals surface area contributed by atoms with Crippen LogP contribution in [0.1, 0.15) is 0 Å². The van der Waals surface area contributed by atoms with E-state index in [0.29, 0.717) is 16.2 Å². The second-order valence-electron chi connectivity index (χ2n) is 0. The van der Waals surface area contributed by atoms with E-state index < -0.39 is 0 Å². The van der Waals surface area contributed by atoms with Crippen molar-refractivity contribution in [2.45, 2.75) is 0 Å². The van der Waals surface area contributed by atoms with Crippen LogP contribution in [0.2, 0.25) is 0 Å². The molecule has 0 N–H and O–H groups in total. The SMILES string of the molecule is [Hf].[O]=[AlH].[O]=[Ta]. The van der Waals surface area contributed by atoms with Crippen molar-refractivity contribution in [3.63, 3.8) is 0 Å². The van der Waals surface area contributed by atoms with E-state index in [2.05, 4.69) is 0 Å². The van der Waals surface area contributed by atoms with Crippen molar-refractivity contribution >= 4 is 16.2 Å². The van der Waals surface area contributed by atoms with E-state index in [1.165, 1.54) is 0 Å². The summed E-state index contributed by atoms with van der Waals surface area (Å²) in [6.07, 6.45) is 0. The second kappa shape index (κ2) is 42.5. The molecule has 0 saturated heterocycles. The zero-order chi connectivity index (χ0) is 4.00. The van der Waals surface area contributed by atoms with Gasteiger partial charge in [0.1, 0.15) is 0 Å². The van der Waals surface area contributed by atoms with Gasteiger partial charge >= 0.3 is 44.3 Å². The van der Waals surface area contributed by atoms with Crippen LogP contribution in [0.15, 0.2) is 0 Å². The van der Waals surface area contributed by atoms with Crippen molar-refractivity contribution in [3.8, 4) is 0 Å². The second-order valence-corrected chi connectivity index (χ2v) is 0. The molecule has 0 amide bonds. The average Bonchev–Trinajstić information content (AvgIpc) is 1.50. The van der Waals surface area contributed by atoms with Crippen LogP contribution in [0.25, 0.3) is 0 Å². The molecule has 0 radical (unpaired) electrons. The predicted molar refractivity (Wildman–Crippen MR) is 8.52 cm³/mol. The van der Waals surface area contributed by atoms with E-state index in [0.717, 1.165) is 0 Å². The summed E-state index contributed by atoms with van der Waals surface area (Å²) in [6, 6.07) is 0. The molecule has 0 aromatic heterocycles. The molecule has 0 rings (SSSR count). The van der Waals surface area contributed by atoms with Crippen LogP contribution < -0.4 is 0 Å². The fourth-order valence-corrected chi connectivity index (χ4v) is 0.